The molecule has 0 atom stereocenters. The lowest BCUT2D eigenvalue weighted by Gasteiger charge is -2.03. The zero-order valence-corrected chi connectivity index (χ0v) is 10.7. The van der Waals surface area contributed by atoms with E-state index in [4.69, 9.17) is 0 Å². The summed E-state index contributed by atoms with van der Waals surface area (Å²) in [5.74, 6) is 0. The Hall–Kier alpha value is -1.71. The molecule has 0 unspecified atom stereocenters. The molecular formula is C12H20N4. The van der Waals surface area contributed by atoms with E-state index in [9.17, 15) is 0 Å². The normalized spacial score (nSPS) is 10.2. The lowest BCUT2D eigenvalue weighted by Crippen LogP contribution is -1.98. The summed E-state index contributed by atoms with van der Waals surface area (Å²) >= 11 is 0. The van der Waals surface area contributed by atoms with Crippen LogP contribution in [0.15, 0.2) is 36.2 Å². The topological polar surface area (TPSA) is 43.6 Å². The van der Waals surface area contributed by atoms with Crippen molar-refractivity contribution in [2.45, 2.75) is 34.6 Å². The molecule has 0 bridgehead atoms. The zero-order valence-electron chi connectivity index (χ0n) is 10.7. The van der Waals surface area contributed by atoms with Crippen LogP contribution >= 0.6 is 0 Å². The Labute approximate surface area is 97.4 Å². The average molecular weight is 220 g/mol. The van der Waals surface area contributed by atoms with Crippen LogP contribution in [0.3, 0.4) is 0 Å². The van der Waals surface area contributed by atoms with E-state index < -0.39 is 0 Å². The highest BCUT2D eigenvalue weighted by Gasteiger charge is 2.00. The molecule has 0 radical (unpaired) electrons. The van der Waals surface area contributed by atoms with Gasteiger partial charge in [0.05, 0.1) is 5.70 Å². The molecule has 0 amide bonds. The fourth-order valence-electron chi connectivity index (χ4n) is 0.931. The molecule has 1 heterocycles. The van der Waals surface area contributed by atoms with Crippen LogP contribution in [0.2, 0.25) is 0 Å². The zero-order chi connectivity index (χ0) is 12.6. The quantitative estimate of drug-likeness (QED) is 0.735. The molecule has 0 aliphatic heterocycles. The number of nitrogens with zero attached hydrogens (tertiary/aromatic N) is 4. The first-order valence-corrected chi connectivity index (χ1v) is 5.35. The Morgan fingerprint density at radius 1 is 1.19 bits per heavy atom. The largest absolute Gasteiger partial charge is 0.200 e. The molecular weight excluding hydrogens is 200 g/mol. The molecule has 0 N–H and O–H groups in total. The first-order valence-electron chi connectivity index (χ1n) is 5.35. The minimum atomic E-state index is 0.899. The molecule has 0 spiro atoms. The van der Waals surface area contributed by atoms with E-state index in [2.05, 4.69) is 22.1 Å². The van der Waals surface area contributed by atoms with Crippen LogP contribution in [0.25, 0.3) is 5.70 Å². The Morgan fingerprint density at radius 2 is 1.81 bits per heavy atom. The highest BCUT2D eigenvalue weighted by molar-refractivity contribution is 5.63. The Kier molecular flexibility index (Phi) is 6.76. The van der Waals surface area contributed by atoms with Crippen LogP contribution in [0.4, 0.5) is 0 Å². The third kappa shape index (κ3) is 4.68. The van der Waals surface area contributed by atoms with Crippen LogP contribution in [-0.4, -0.2) is 20.2 Å². The monoisotopic (exact) mass is 220 g/mol. The van der Waals surface area contributed by atoms with Gasteiger partial charge in [-0.1, -0.05) is 32.1 Å². The van der Waals surface area contributed by atoms with Crippen LogP contribution < -0.4 is 0 Å². The van der Waals surface area contributed by atoms with E-state index in [0.717, 1.165) is 11.3 Å². The van der Waals surface area contributed by atoms with Gasteiger partial charge in [-0.25, -0.2) is 4.68 Å². The van der Waals surface area contributed by atoms with Crippen LogP contribution in [0.5, 0.6) is 0 Å². The van der Waals surface area contributed by atoms with Gasteiger partial charge < -0.3 is 0 Å². The minimum Gasteiger partial charge on any atom is -0.200 e. The number of hydrogen-bond donors (Lipinski definition) is 0. The molecule has 1 rings (SSSR count). The van der Waals surface area contributed by atoms with E-state index in [-0.39, 0.29) is 0 Å². The van der Waals surface area contributed by atoms with Crippen LogP contribution in [-0.2, 0) is 0 Å². The third-order valence-electron chi connectivity index (χ3n) is 1.61. The summed E-state index contributed by atoms with van der Waals surface area (Å²) in [6, 6.07) is 0. The first-order chi connectivity index (χ1) is 7.61. The third-order valence-corrected chi connectivity index (χ3v) is 1.61. The number of aromatic nitrogens is 4. The Morgan fingerprint density at radius 3 is 2.19 bits per heavy atom. The molecule has 88 valence electrons. The van der Waals surface area contributed by atoms with Crippen molar-refractivity contribution in [1.29, 1.82) is 0 Å². The fraction of sp³-hybridized carbons (Fsp3) is 0.417. The van der Waals surface area contributed by atoms with Gasteiger partial charge in [-0.15, -0.1) is 5.10 Å². The molecule has 0 aromatic carbocycles. The van der Waals surface area contributed by atoms with Crippen molar-refractivity contribution in [3.8, 4) is 0 Å². The fourth-order valence-corrected chi connectivity index (χ4v) is 0.931. The summed E-state index contributed by atoms with van der Waals surface area (Å²) in [4.78, 5) is 0. The predicted octanol–water partition coefficient (Wildman–Crippen LogP) is 3.08. The maximum absolute atomic E-state index is 3.88. The van der Waals surface area contributed by atoms with Gasteiger partial charge in [-0.2, -0.15) is 0 Å². The van der Waals surface area contributed by atoms with Crippen LogP contribution in [0, 0.1) is 0 Å². The molecule has 16 heavy (non-hydrogen) atoms. The van der Waals surface area contributed by atoms with E-state index >= 15 is 0 Å². The lowest BCUT2D eigenvalue weighted by atomic mass is 10.2. The Bertz CT molecular complexity index is 368. The minimum absolute atomic E-state index is 0.899. The molecule has 4 nitrogen and oxygen atoms in total. The summed E-state index contributed by atoms with van der Waals surface area (Å²) in [7, 11) is 0. The second-order valence-corrected chi connectivity index (χ2v) is 3.33. The highest BCUT2D eigenvalue weighted by Crippen LogP contribution is 2.11. The van der Waals surface area contributed by atoms with Gasteiger partial charge in [0, 0.05) is 0 Å². The average Bonchev–Trinajstić information content (AvgIpc) is 2.73. The summed E-state index contributed by atoms with van der Waals surface area (Å²) in [5, 5.41) is 11.0. The van der Waals surface area contributed by atoms with Gasteiger partial charge in [0.2, 0.25) is 0 Å². The van der Waals surface area contributed by atoms with E-state index in [1.807, 2.05) is 46.8 Å². The van der Waals surface area contributed by atoms with Crippen molar-refractivity contribution < 1.29 is 0 Å². The van der Waals surface area contributed by atoms with Gasteiger partial charge in [0.1, 0.15) is 6.33 Å². The van der Waals surface area contributed by atoms with Crippen molar-refractivity contribution in [3.05, 3.63) is 36.2 Å². The lowest BCUT2D eigenvalue weighted by molar-refractivity contribution is 0.801. The van der Waals surface area contributed by atoms with Crippen molar-refractivity contribution in [3.63, 3.8) is 0 Å². The van der Waals surface area contributed by atoms with Crippen LogP contribution in [0.1, 0.15) is 34.6 Å². The predicted molar refractivity (Wildman–Crippen MR) is 67.7 cm³/mol. The van der Waals surface area contributed by atoms with E-state index in [1.54, 1.807) is 11.0 Å². The van der Waals surface area contributed by atoms with Crippen molar-refractivity contribution in [1.82, 2.24) is 20.2 Å². The van der Waals surface area contributed by atoms with Gasteiger partial charge in [-0.05, 0) is 42.8 Å². The molecule has 0 aliphatic carbocycles. The molecule has 0 saturated carbocycles. The summed E-state index contributed by atoms with van der Waals surface area (Å²) in [5.41, 5.74) is 3.04. The van der Waals surface area contributed by atoms with E-state index in [0.29, 0.717) is 0 Å². The summed E-state index contributed by atoms with van der Waals surface area (Å²) in [6.45, 7) is 13.9. The van der Waals surface area contributed by atoms with E-state index in [1.165, 1.54) is 5.57 Å². The molecule has 0 fully saturated rings. The molecule has 1 aromatic rings. The van der Waals surface area contributed by atoms with Gasteiger partial charge in [0.25, 0.3) is 0 Å². The molecule has 4 heteroatoms. The summed E-state index contributed by atoms with van der Waals surface area (Å²) in [6.07, 6.45) is 5.51. The number of tetrazole rings is 1. The van der Waals surface area contributed by atoms with Gasteiger partial charge >= 0.3 is 0 Å². The van der Waals surface area contributed by atoms with Gasteiger partial charge in [0.15, 0.2) is 0 Å². The second kappa shape index (κ2) is 7.56. The maximum atomic E-state index is 3.88. The molecule has 0 saturated heterocycles. The number of rotatable bonds is 3. The second-order valence-electron chi connectivity index (χ2n) is 3.33. The molecule has 0 aliphatic rings. The number of allylic oxidation sites excluding steroid dienone is 5. The van der Waals surface area contributed by atoms with Gasteiger partial charge in [-0.3, -0.25) is 0 Å². The highest BCUT2D eigenvalue weighted by atomic mass is 15.5. The molecule has 1 aromatic heterocycles. The van der Waals surface area contributed by atoms with Crippen molar-refractivity contribution >= 4 is 5.70 Å². The standard InChI is InChI=1S/C10H14N4.C2H6/c1-8(2)5-6-10(9(3)4)14-7-11-12-13-14;1-2/h5-7H,3H2,1-2,4H3;1-2H3/b10-6+;. The first kappa shape index (κ1) is 14.3. The SMILES string of the molecule is C=C(C)/C(=C\C=C(C)C)n1cnnn1.CC. The van der Waals surface area contributed by atoms with Crippen molar-refractivity contribution in [2.24, 2.45) is 0 Å². The van der Waals surface area contributed by atoms with Crippen molar-refractivity contribution in [2.75, 3.05) is 0 Å². The maximum Gasteiger partial charge on any atom is 0.143 e. The number of hydrogen-bond acceptors (Lipinski definition) is 3. The Balaban J connectivity index is 0.00000106. The smallest absolute Gasteiger partial charge is 0.143 e. The summed E-state index contributed by atoms with van der Waals surface area (Å²) < 4.78 is 1.60.